The van der Waals surface area contributed by atoms with E-state index in [0.717, 1.165) is 11.3 Å². The van der Waals surface area contributed by atoms with Crippen molar-refractivity contribution in [2.45, 2.75) is 13.3 Å². The Bertz CT molecular complexity index is 511. The second kappa shape index (κ2) is 7.08. The maximum atomic E-state index is 12.2. The molecule has 0 spiro atoms. The van der Waals surface area contributed by atoms with Gasteiger partial charge in [0.1, 0.15) is 0 Å². The lowest BCUT2D eigenvalue weighted by molar-refractivity contribution is -0.137. The van der Waals surface area contributed by atoms with Crippen molar-refractivity contribution < 1.29 is 14.7 Å². The fourth-order valence-corrected chi connectivity index (χ4v) is 2.34. The zero-order valence-electron chi connectivity index (χ0n) is 12.2. The molecule has 1 heterocycles. The van der Waals surface area contributed by atoms with Crippen molar-refractivity contribution in [2.75, 3.05) is 38.0 Å². The highest BCUT2D eigenvalue weighted by atomic mass is 16.4. The molecule has 2 rings (SSSR count). The number of benzene rings is 1. The Morgan fingerprint density at radius 3 is 2.48 bits per heavy atom. The second-order valence-electron chi connectivity index (χ2n) is 5.22. The molecular formula is C15H21N3O3. The first kappa shape index (κ1) is 15.3. The number of urea groups is 1. The lowest BCUT2D eigenvalue weighted by atomic mass is 10.2. The SMILES string of the molecule is Cc1ccccc1NC(=O)N1CCN(CCC(=O)O)CC1. The molecule has 114 valence electrons. The van der Waals surface area contributed by atoms with Gasteiger partial charge in [-0.25, -0.2) is 4.79 Å². The molecule has 1 saturated heterocycles. The summed E-state index contributed by atoms with van der Waals surface area (Å²) in [7, 11) is 0. The number of carbonyl (C=O) groups is 2. The van der Waals surface area contributed by atoms with Crippen molar-refractivity contribution in [3.05, 3.63) is 29.8 Å². The van der Waals surface area contributed by atoms with Gasteiger partial charge in [0.25, 0.3) is 0 Å². The first-order chi connectivity index (χ1) is 10.1. The Balaban J connectivity index is 1.81. The molecule has 2 amide bonds. The van der Waals surface area contributed by atoms with Gasteiger partial charge < -0.3 is 15.3 Å². The van der Waals surface area contributed by atoms with E-state index in [0.29, 0.717) is 32.7 Å². The van der Waals surface area contributed by atoms with Crippen LogP contribution in [0.2, 0.25) is 0 Å². The van der Waals surface area contributed by atoms with Crippen LogP contribution in [0, 0.1) is 6.92 Å². The van der Waals surface area contributed by atoms with Crippen LogP contribution in [-0.2, 0) is 4.79 Å². The number of carboxylic acids is 1. The number of carboxylic acid groups (broad SMARTS) is 1. The Morgan fingerprint density at radius 1 is 1.19 bits per heavy atom. The number of amides is 2. The average Bonchev–Trinajstić information content (AvgIpc) is 2.48. The van der Waals surface area contributed by atoms with Gasteiger partial charge >= 0.3 is 12.0 Å². The maximum absolute atomic E-state index is 12.2. The summed E-state index contributed by atoms with van der Waals surface area (Å²) >= 11 is 0. The van der Waals surface area contributed by atoms with Gasteiger partial charge in [-0.15, -0.1) is 0 Å². The van der Waals surface area contributed by atoms with Crippen molar-refractivity contribution in [1.29, 1.82) is 0 Å². The van der Waals surface area contributed by atoms with Crippen molar-refractivity contribution in [3.8, 4) is 0 Å². The number of aliphatic carboxylic acids is 1. The zero-order valence-corrected chi connectivity index (χ0v) is 12.2. The molecule has 1 aromatic rings. The van der Waals surface area contributed by atoms with E-state index < -0.39 is 5.97 Å². The van der Waals surface area contributed by atoms with Gasteiger partial charge in [-0.3, -0.25) is 9.69 Å². The zero-order chi connectivity index (χ0) is 15.2. The molecule has 0 aromatic heterocycles. The fraction of sp³-hybridized carbons (Fsp3) is 0.467. The maximum Gasteiger partial charge on any atom is 0.321 e. The van der Waals surface area contributed by atoms with Gasteiger partial charge in [0, 0.05) is 38.4 Å². The summed E-state index contributed by atoms with van der Waals surface area (Å²) in [5, 5.41) is 11.6. The minimum absolute atomic E-state index is 0.0952. The first-order valence-corrected chi connectivity index (χ1v) is 7.12. The summed E-state index contributed by atoms with van der Waals surface area (Å²) in [4.78, 5) is 26.6. The van der Waals surface area contributed by atoms with Crippen LogP contribution in [0.3, 0.4) is 0 Å². The predicted octanol–water partition coefficient (Wildman–Crippen LogP) is 1.62. The lowest BCUT2D eigenvalue weighted by Crippen LogP contribution is -2.50. The number of rotatable bonds is 4. The standard InChI is InChI=1S/C15H21N3O3/c1-12-4-2-3-5-13(12)16-15(21)18-10-8-17(9-11-18)7-6-14(19)20/h2-5H,6-11H2,1H3,(H,16,21)(H,19,20). The van der Waals surface area contributed by atoms with Crippen molar-refractivity contribution in [2.24, 2.45) is 0 Å². The summed E-state index contributed by atoms with van der Waals surface area (Å²) in [5.41, 5.74) is 1.86. The average molecular weight is 291 g/mol. The fourth-order valence-electron chi connectivity index (χ4n) is 2.34. The Kier molecular flexibility index (Phi) is 5.16. The molecule has 0 atom stereocenters. The summed E-state index contributed by atoms with van der Waals surface area (Å²) in [6.45, 7) is 5.18. The van der Waals surface area contributed by atoms with Gasteiger partial charge in [-0.2, -0.15) is 0 Å². The minimum atomic E-state index is -0.783. The number of carbonyl (C=O) groups excluding carboxylic acids is 1. The summed E-state index contributed by atoms with van der Waals surface area (Å²) < 4.78 is 0. The Hall–Kier alpha value is -2.08. The molecule has 6 nitrogen and oxygen atoms in total. The van der Waals surface area contributed by atoms with E-state index in [9.17, 15) is 9.59 Å². The van der Waals surface area contributed by atoms with Crippen LogP contribution in [-0.4, -0.2) is 59.6 Å². The number of para-hydroxylation sites is 1. The van der Waals surface area contributed by atoms with E-state index in [2.05, 4.69) is 10.2 Å². The highest BCUT2D eigenvalue weighted by Crippen LogP contribution is 2.14. The molecule has 0 aliphatic carbocycles. The van der Waals surface area contributed by atoms with Gasteiger partial charge in [0.15, 0.2) is 0 Å². The molecule has 0 radical (unpaired) electrons. The third-order valence-electron chi connectivity index (χ3n) is 3.69. The van der Waals surface area contributed by atoms with Gasteiger partial charge in [-0.05, 0) is 18.6 Å². The number of nitrogens with zero attached hydrogens (tertiary/aromatic N) is 2. The molecule has 0 bridgehead atoms. The van der Waals surface area contributed by atoms with Gasteiger partial charge in [0.05, 0.1) is 6.42 Å². The number of aryl methyl sites for hydroxylation is 1. The normalized spacial score (nSPS) is 15.8. The van der Waals surface area contributed by atoms with Crippen molar-refractivity contribution >= 4 is 17.7 Å². The van der Waals surface area contributed by atoms with Gasteiger partial charge in [-0.1, -0.05) is 18.2 Å². The Labute approximate surface area is 124 Å². The summed E-state index contributed by atoms with van der Waals surface area (Å²) in [6.07, 6.45) is 0.148. The molecule has 2 N–H and O–H groups in total. The van der Waals surface area contributed by atoms with Crippen LogP contribution in [0.5, 0.6) is 0 Å². The number of nitrogens with one attached hydrogen (secondary N) is 1. The molecule has 1 aliphatic heterocycles. The lowest BCUT2D eigenvalue weighted by Gasteiger charge is -2.34. The van der Waals surface area contributed by atoms with E-state index in [1.54, 1.807) is 4.90 Å². The van der Waals surface area contributed by atoms with E-state index >= 15 is 0 Å². The van der Waals surface area contributed by atoms with Crippen LogP contribution in [0.25, 0.3) is 0 Å². The molecular weight excluding hydrogens is 270 g/mol. The van der Waals surface area contributed by atoms with Crippen molar-refractivity contribution in [1.82, 2.24) is 9.80 Å². The molecule has 0 unspecified atom stereocenters. The highest BCUT2D eigenvalue weighted by molar-refractivity contribution is 5.90. The van der Waals surface area contributed by atoms with E-state index in [1.807, 2.05) is 31.2 Å². The van der Waals surface area contributed by atoms with Gasteiger partial charge in [0.2, 0.25) is 0 Å². The van der Waals surface area contributed by atoms with Crippen LogP contribution in [0.15, 0.2) is 24.3 Å². The smallest absolute Gasteiger partial charge is 0.321 e. The van der Waals surface area contributed by atoms with E-state index in [1.165, 1.54) is 0 Å². The monoisotopic (exact) mass is 291 g/mol. The topological polar surface area (TPSA) is 72.9 Å². The highest BCUT2D eigenvalue weighted by Gasteiger charge is 2.21. The molecule has 1 fully saturated rings. The summed E-state index contributed by atoms with van der Waals surface area (Å²) in [6, 6.07) is 7.58. The van der Waals surface area contributed by atoms with Crippen LogP contribution in [0.4, 0.5) is 10.5 Å². The quantitative estimate of drug-likeness (QED) is 0.884. The third-order valence-corrected chi connectivity index (χ3v) is 3.69. The third kappa shape index (κ3) is 4.46. The molecule has 21 heavy (non-hydrogen) atoms. The summed E-state index contributed by atoms with van der Waals surface area (Å²) in [5.74, 6) is -0.783. The number of hydrogen-bond acceptors (Lipinski definition) is 3. The largest absolute Gasteiger partial charge is 0.481 e. The molecule has 6 heteroatoms. The van der Waals surface area contributed by atoms with Crippen LogP contribution >= 0.6 is 0 Å². The second-order valence-corrected chi connectivity index (χ2v) is 5.22. The molecule has 0 saturated carbocycles. The number of hydrogen-bond donors (Lipinski definition) is 2. The van der Waals surface area contributed by atoms with E-state index in [4.69, 9.17) is 5.11 Å². The van der Waals surface area contributed by atoms with Crippen LogP contribution in [0.1, 0.15) is 12.0 Å². The van der Waals surface area contributed by atoms with Crippen LogP contribution < -0.4 is 5.32 Å². The molecule has 1 aromatic carbocycles. The number of anilines is 1. The predicted molar refractivity (Wildman–Crippen MR) is 80.5 cm³/mol. The van der Waals surface area contributed by atoms with Crippen molar-refractivity contribution in [3.63, 3.8) is 0 Å². The number of piperazine rings is 1. The first-order valence-electron chi connectivity index (χ1n) is 7.12. The van der Waals surface area contributed by atoms with E-state index in [-0.39, 0.29) is 12.5 Å². The minimum Gasteiger partial charge on any atom is -0.481 e. The Morgan fingerprint density at radius 2 is 1.86 bits per heavy atom. The molecule has 1 aliphatic rings.